The second-order valence-electron chi connectivity index (χ2n) is 5.25. The van der Waals surface area contributed by atoms with Gasteiger partial charge in [0.25, 0.3) is 16.8 Å². The van der Waals surface area contributed by atoms with Gasteiger partial charge in [-0.3, -0.25) is 14.4 Å². The molecule has 0 aliphatic heterocycles. The van der Waals surface area contributed by atoms with Gasteiger partial charge in [0, 0.05) is 6.04 Å². The molecule has 23 heavy (non-hydrogen) atoms. The number of rotatable bonds is 6. The van der Waals surface area contributed by atoms with Crippen LogP contribution in [0.2, 0.25) is 0 Å². The number of para-hydroxylation sites is 1. The van der Waals surface area contributed by atoms with Gasteiger partial charge >= 0.3 is 0 Å². The molecular formula is C16H18N2O5. The van der Waals surface area contributed by atoms with Crippen LogP contribution in [-0.4, -0.2) is 23.7 Å². The number of phenols is 1. The standard InChI is InChI=1S/C16H18N2O5/c1-4-23-15-11(13(20)14(15)21)18-10-7-5-6-9(12(10)19)16(22)17-8(2)3/h5-8,18-19H,4H2,1-3H3,(H,17,22). The Morgan fingerprint density at radius 2 is 1.96 bits per heavy atom. The number of anilines is 2. The van der Waals surface area contributed by atoms with Gasteiger partial charge < -0.3 is 20.5 Å². The molecule has 122 valence electrons. The number of hydrogen-bond donors (Lipinski definition) is 3. The monoisotopic (exact) mass is 318 g/mol. The van der Waals surface area contributed by atoms with Crippen molar-refractivity contribution in [2.45, 2.75) is 26.8 Å². The topological polar surface area (TPSA) is 105 Å². The molecule has 2 rings (SSSR count). The second kappa shape index (κ2) is 6.51. The normalized spacial score (nSPS) is 10.8. The molecule has 0 radical (unpaired) electrons. The average molecular weight is 318 g/mol. The number of nitrogens with one attached hydrogen (secondary N) is 2. The highest BCUT2D eigenvalue weighted by molar-refractivity contribution is 5.99. The zero-order chi connectivity index (χ0) is 17.1. The summed E-state index contributed by atoms with van der Waals surface area (Å²) in [6, 6.07) is 4.43. The highest BCUT2D eigenvalue weighted by atomic mass is 16.5. The first-order valence-corrected chi connectivity index (χ1v) is 7.22. The maximum atomic E-state index is 12.0. The molecule has 3 N–H and O–H groups in total. The van der Waals surface area contributed by atoms with Crippen molar-refractivity contribution in [1.82, 2.24) is 5.32 Å². The Hall–Kier alpha value is -2.83. The molecule has 0 atom stereocenters. The molecular weight excluding hydrogens is 300 g/mol. The van der Waals surface area contributed by atoms with Crippen LogP contribution in [0.3, 0.4) is 0 Å². The van der Waals surface area contributed by atoms with Crippen LogP contribution in [0.1, 0.15) is 31.1 Å². The fourth-order valence-corrected chi connectivity index (χ4v) is 2.07. The van der Waals surface area contributed by atoms with Gasteiger partial charge in [0.2, 0.25) is 0 Å². The number of phenolic OH excluding ortho intramolecular Hbond substituents is 1. The van der Waals surface area contributed by atoms with Crippen molar-refractivity contribution in [2.75, 3.05) is 11.9 Å². The third-order valence-corrected chi connectivity index (χ3v) is 3.12. The first-order chi connectivity index (χ1) is 10.9. The summed E-state index contributed by atoms with van der Waals surface area (Å²) in [4.78, 5) is 35.1. The highest BCUT2D eigenvalue weighted by Crippen LogP contribution is 2.32. The second-order valence-corrected chi connectivity index (χ2v) is 5.25. The van der Waals surface area contributed by atoms with E-state index in [9.17, 15) is 19.5 Å². The maximum absolute atomic E-state index is 12.0. The third-order valence-electron chi connectivity index (χ3n) is 3.12. The van der Waals surface area contributed by atoms with Gasteiger partial charge in [-0.1, -0.05) is 6.07 Å². The molecule has 0 spiro atoms. The lowest BCUT2D eigenvalue weighted by molar-refractivity contribution is 0.0940. The molecule has 0 bridgehead atoms. The fraction of sp³-hybridized carbons (Fsp3) is 0.312. The Bertz CT molecular complexity index is 803. The Kier molecular flexibility index (Phi) is 4.68. The van der Waals surface area contributed by atoms with Crippen LogP contribution in [-0.2, 0) is 0 Å². The minimum atomic E-state index is -0.718. The molecule has 7 nitrogen and oxygen atoms in total. The lowest BCUT2D eigenvalue weighted by Gasteiger charge is -2.16. The number of hydrogen-bond acceptors (Lipinski definition) is 6. The maximum Gasteiger partial charge on any atom is 0.272 e. The predicted molar refractivity (Wildman–Crippen MR) is 86.5 cm³/mol. The van der Waals surface area contributed by atoms with Gasteiger partial charge in [0.15, 0.2) is 11.5 Å². The van der Waals surface area contributed by atoms with Gasteiger partial charge in [0.1, 0.15) is 5.69 Å². The van der Waals surface area contributed by atoms with Crippen molar-refractivity contribution in [2.24, 2.45) is 0 Å². The lowest BCUT2D eigenvalue weighted by atomic mass is 10.1. The number of amides is 1. The van der Waals surface area contributed by atoms with Crippen molar-refractivity contribution in [3.8, 4) is 11.5 Å². The van der Waals surface area contributed by atoms with Crippen LogP contribution in [0.15, 0.2) is 27.8 Å². The minimum absolute atomic E-state index is 0.0198. The van der Waals surface area contributed by atoms with Gasteiger partial charge in [-0.05, 0) is 32.9 Å². The third kappa shape index (κ3) is 3.18. The first kappa shape index (κ1) is 16.5. The summed E-state index contributed by atoms with van der Waals surface area (Å²) in [6.07, 6.45) is 0. The summed E-state index contributed by atoms with van der Waals surface area (Å²) < 4.78 is 5.10. The summed E-state index contributed by atoms with van der Waals surface area (Å²) in [5.41, 5.74) is -1.23. The fourth-order valence-electron chi connectivity index (χ4n) is 2.07. The lowest BCUT2D eigenvalue weighted by Crippen LogP contribution is -2.35. The van der Waals surface area contributed by atoms with Gasteiger partial charge in [-0.2, -0.15) is 0 Å². The van der Waals surface area contributed by atoms with Crippen LogP contribution < -0.4 is 26.2 Å². The molecule has 7 heteroatoms. The first-order valence-electron chi connectivity index (χ1n) is 7.22. The quantitative estimate of drug-likeness (QED) is 0.547. The zero-order valence-corrected chi connectivity index (χ0v) is 13.1. The van der Waals surface area contributed by atoms with Crippen molar-refractivity contribution in [3.63, 3.8) is 0 Å². The summed E-state index contributed by atoms with van der Waals surface area (Å²) in [5.74, 6) is -0.800. The van der Waals surface area contributed by atoms with E-state index >= 15 is 0 Å². The Morgan fingerprint density at radius 1 is 1.26 bits per heavy atom. The van der Waals surface area contributed by atoms with E-state index in [0.717, 1.165) is 0 Å². The van der Waals surface area contributed by atoms with E-state index in [0.29, 0.717) is 0 Å². The van der Waals surface area contributed by atoms with Gasteiger partial charge in [-0.15, -0.1) is 0 Å². The molecule has 0 aromatic heterocycles. The molecule has 2 aromatic carbocycles. The van der Waals surface area contributed by atoms with Crippen molar-refractivity contribution < 1.29 is 14.6 Å². The summed E-state index contributed by atoms with van der Waals surface area (Å²) in [7, 11) is 0. The zero-order valence-electron chi connectivity index (χ0n) is 13.1. The van der Waals surface area contributed by atoms with E-state index < -0.39 is 16.8 Å². The smallest absolute Gasteiger partial charge is 0.272 e. The van der Waals surface area contributed by atoms with E-state index in [1.54, 1.807) is 26.8 Å². The summed E-state index contributed by atoms with van der Waals surface area (Å²) in [5, 5.41) is 15.6. The van der Waals surface area contributed by atoms with E-state index in [2.05, 4.69) is 10.6 Å². The molecule has 0 saturated carbocycles. The van der Waals surface area contributed by atoms with E-state index in [1.165, 1.54) is 12.1 Å². The number of benzene rings is 1. The Morgan fingerprint density at radius 3 is 2.57 bits per heavy atom. The number of aromatic hydroxyl groups is 1. The molecule has 0 aliphatic carbocycles. The molecule has 0 fully saturated rings. The van der Waals surface area contributed by atoms with E-state index in [-0.39, 0.29) is 41.1 Å². The minimum Gasteiger partial charge on any atom is -0.505 e. The molecule has 0 aliphatic rings. The average Bonchev–Trinajstić information content (AvgIpc) is 2.51. The highest BCUT2D eigenvalue weighted by Gasteiger charge is 2.24. The molecule has 2 aromatic rings. The molecule has 0 saturated heterocycles. The van der Waals surface area contributed by atoms with Crippen LogP contribution in [0.4, 0.5) is 11.4 Å². The summed E-state index contributed by atoms with van der Waals surface area (Å²) >= 11 is 0. The van der Waals surface area contributed by atoms with Gasteiger partial charge in [-0.25, -0.2) is 0 Å². The Balaban J connectivity index is 2.32. The van der Waals surface area contributed by atoms with E-state index in [4.69, 9.17) is 4.74 Å². The molecule has 0 heterocycles. The van der Waals surface area contributed by atoms with Crippen molar-refractivity contribution in [3.05, 3.63) is 44.2 Å². The van der Waals surface area contributed by atoms with E-state index in [1.807, 2.05) is 0 Å². The molecule has 0 unspecified atom stereocenters. The van der Waals surface area contributed by atoms with Crippen LogP contribution in [0.25, 0.3) is 0 Å². The van der Waals surface area contributed by atoms with Crippen LogP contribution in [0.5, 0.6) is 11.5 Å². The number of ether oxygens (including phenoxy) is 1. The molecule has 1 amide bonds. The van der Waals surface area contributed by atoms with Crippen molar-refractivity contribution in [1.29, 1.82) is 0 Å². The van der Waals surface area contributed by atoms with Crippen LogP contribution in [0, 0.1) is 0 Å². The number of carbonyl (C=O) groups is 1. The van der Waals surface area contributed by atoms with Crippen LogP contribution >= 0.6 is 0 Å². The van der Waals surface area contributed by atoms with Crippen molar-refractivity contribution >= 4 is 17.3 Å². The summed E-state index contributed by atoms with van der Waals surface area (Å²) in [6.45, 7) is 5.53. The SMILES string of the molecule is CCOc1c(Nc2cccc(C(=O)NC(C)C)c2O)c(=O)c1=O. The Labute approximate surface area is 132 Å². The van der Waals surface area contributed by atoms with Gasteiger partial charge in [0.05, 0.1) is 17.9 Å². The predicted octanol–water partition coefficient (Wildman–Crippen LogP) is 1.27. The number of carbonyl (C=O) groups excluding carboxylic acids is 1. The largest absolute Gasteiger partial charge is 0.505 e.